The van der Waals surface area contributed by atoms with Crippen LogP contribution in [0, 0.1) is 12.7 Å². The van der Waals surface area contributed by atoms with Crippen molar-refractivity contribution in [3.05, 3.63) is 66.0 Å². The van der Waals surface area contributed by atoms with Gasteiger partial charge in [-0.15, -0.1) is 5.10 Å². The van der Waals surface area contributed by atoms with Gasteiger partial charge >= 0.3 is 0 Å². The Balaban J connectivity index is 1.80. The van der Waals surface area contributed by atoms with E-state index < -0.39 is 5.91 Å². The monoisotopic (exact) mass is 353 g/mol. The second-order valence-electron chi connectivity index (χ2n) is 5.59. The molecule has 2 N–H and O–H groups in total. The van der Waals surface area contributed by atoms with Crippen LogP contribution in [0.4, 0.5) is 15.8 Å². The van der Waals surface area contributed by atoms with Gasteiger partial charge in [-0.3, -0.25) is 9.59 Å². The lowest BCUT2D eigenvalue weighted by Gasteiger charge is -2.06. The smallest absolute Gasteiger partial charge is 0.295 e. The molecule has 0 atom stereocenters. The zero-order valence-corrected chi connectivity index (χ0v) is 14.2. The van der Waals surface area contributed by atoms with Gasteiger partial charge < -0.3 is 10.6 Å². The summed E-state index contributed by atoms with van der Waals surface area (Å²) in [5, 5.41) is 9.50. The summed E-state index contributed by atoms with van der Waals surface area (Å²) in [6.45, 7) is 3.10. The molecule has 3 rings (SSSR count). The Bertz CT molecular complexity index is 966. The van der Waals surface area contributed by atoms with E-state index in [0.29, 0.717) is 22.9 Å². The Morgan fingerprint density at radius 3 is 2.35 bits per heavy atom. The number of halogens is 1. The van der Waals surface area contributed by atoms with Crippen LogP contribution in [-0.2, 0) is 4.79 Å². The molecule has 8 heteroatoms. The highest BCUT2D eigenvalue weighted by atomic mass is 19.1. The first kappa shape index (κ1) is 17.3. The Morgan fingerprint density at radius 1 is 1.04 bits per heavy atom. The second kappa shape index (κ2) is 7.14. The van der Waals surface area contributed by atoms with Crippen molar-refractivity contribution in [1.29, 1.82) is 0 Å². The minimum atomic E-state index is -0.492. The topological polar surface area (TPSA) is 88.9 Å². The first-order valence-corrected chi connectivity index (χ1v) is 7.81. The molecule has 0 bridgehead atoms. The summed E-state index contributed by atoms with van der Waals surface area (Å²) in [7, 11) is 0. The number of amides is 2. The molecule has 0 spiro atoms. The molecule has 0 aliphatic carbocycles. The van der Waals surface area contributed by atoms with Crippen LogP contribution in [0.15, 0.2) is 48.5 Å². The number of nitrogens with zero attached hydrogens (tertiary/aromatic N) is 3. The molecule has 0 saturated carbocycles. The summed E-state index contributed by atoms with van der Waals surface area (Å²) in [5.41, 5.74) is 1.66. The van der Waals surface area contributed by atoms with Crippen molar-refractivity contribution in [1.82, 2.24) is 14.8 Å². The molecule has 0 unspecified atom stereocenters. The van der Waals surface area contributed by atoms with E-state index in [1.165, 1.54) is 23.7 Å². The number of aryl methyl sites for hydroxylation is 1. The van der Waals surface area contributed by atoms with Crippen LogP contribution < -0.4 is 10.6 Å². The fourth-order valence-corrected chi connectivity index (χ4v) is 2.38. The maximum Gasteiger partial charge on any atom is 0.295 e. The molecule has 0 aliphatic rings. The molecule has 0 fully saturated rings. The minimum absolute atomic E-state index is 0.0169. The number of aromatic nitrogens is 3. The third kappa shape index (κ3) is 3.92. The van der Waals surface area contributed by atoms with Gasteiger partial charge in [0.05, 0.1) is 5.69 Å². The minimum Gasteiger partial charge on any atom is -0.326 e. The van der Waals surface area contributed by atoms with Gasteiger partial charge in [0.1, 0.15) is 11.6 Å². The fraction of sp³-hybridized carbons (Fsp3) is 0.111. The zero-order chi connectivity index (χ0) is 18.7. The van der Waals surface area contributed by atoms with E-state index in [-0.39, 0.29) is 17.5 Å². The molecule has 7 nitrogen and oxygen atoms in total. The summed E-state index contributed by atoms with van der Waals surface area (Å²) in [6.07, 6.45) is 0. The number of nitrogens with one attached hydrogen (secondary N) is 2. The van der Waals surface area contributed by atoms with E-state index in [0.717, 1.165) is 0 Å². The first-order chi connectivity index (χ1) is 12.4. The maximum absolute atomic E-state index is 13.1. The van der Waals surface area contributed by atoms with Gasteiger partial charge in [0.25, 0.3) is 5.91 Å². The maximum atomic E-state index is 13.1. The molecule has 3 aromatic rings. The van der Waals surface area contributed by atoms with Crippen molar-refractivity contribution in [3.8, 4) is 5.69 Å². The van der Waals surface area contributed by atoms with Crippen LogP contribution in [0.1, 0.15) is 23.4 Å². The molecule has 2 aromatic carbocycles. The summed E-state index contributed by atoms with van der Waals surface area (Å²) in [5.74, 6) is -0.577. The number of hydrogen-bond donors (Lipinski definition) is 2. The summed E-state index contributed by atoms with van der Waals surface area (Å²) < 4.78 is 14.5. The number of rotatable bonds is 4. The van der Waals surface area contributed by atoms with Gasteiger partial charge in [0.15, 0.2) is 0 Å². The van der Waals surface area contributed by atoms with Gasteiger partial charge in [-0.05, 0) is 49.4 Å². The van der Waals surface area contributed by atoms with Crippen LogP contribution in [0.25, 0.3) is 5.69 Å². The third-order valence-electron chi connectivity index (χ3n) is 3.48. The number of carbonyl (C=O) groups is 2. The first-order valence-electron chi connectivity index (χ1n) is 7.81. The molecule has 0 aliphatic heterocycles. The van der Waals surface area contributed by atoms with Crippen molar-refractivity contribution in [3.63, 3.8) is 0 Å². The van der Waals surface area contributed by atoms with E-state index in [1.807, 2.05) is 0 Å². The molecule has 132 valence electrons. The van der Waals surface area contributed by atoms with Crippen LogP contribution in [0.2, 0.25) is 0 Å². The standard InChI is InChI=1S/C18H16FN5O2/c1-11-20-17(23-24(11)16-8-6-13(19)7-9-16)18(26)22-15-5-3-4-14(10-15)21-12(2)25/h3-10H,1-2H3,(H,21,25)(H,22,26). The van der Waals surface area contributed by atoms with E-state index in [2.05, 4.69) is 20.7 Å². The molecule has 1 heterocycles. The molecule has 2 amide bonds. The largest absolute Gasteiger partial charge is 0.326 e. The van der Waals surface area contributed by atoms with E-state index in [9.17, 15) is 14.0 Å². The van der Waals surface area contributed by atoms with Crippen molar-refractivity contribution in [2.45, 2.75) is 13.8 Å². The molecular weight excluding hydrogens is 337 g/mol. The molecule has 26 heavy (non-hydrogen) atoms. The predicted molar refractivity (Wildman–Crippen MR) is 94.8 cm³/mol. The fourth-order valence-electron chi connectivity index (χ4n) is 2.38. The van der Waals surface area contributed by atoms with E-state index in [1.54, 1.807) is 43.3 Å². The van der Waals surface area contributed by atoms with Crippen molar-refractivity contribution in [2.24, 2.45) is 0 Å². The molecule has 0 saturated heterocycles. The van der Waals surface area contributed by atoms with Crippen LogP contribution in [-0.4, -0.2) is 26.6 Å². The lowest BCUT2D eigenvalue weighted by Crippen LogP contribution is -2.14. The number of benzene rings is 2. The summed E-state index contributed by atoms with van der Waals surface area (Å²) in [4.78, 5) is 27.7. The second-order valence-corrected chi connectivity index (χ2v) is 5.59. The normalized spacial score (nSPS) is 10.4. The van der Waals surface area contributed by atoms with Crippen molar-refractivity contribution < 1.29 is 14.0 Å². The van der Waals surface area contributed by atoms with Gasteiger partial charge in [-0.1, -0.05) is 6.07 Å². The Hall–Kier alpha value is -3.55. The van der Waals surface area contributed by atoms with Crippen LogP contribution in [0.5, 0.6) is 0 Å². The average molecular weight is 353 g/mol. The average Bonchev–Trinajstić information content (AvgIpc) is 2.97. The quantitative estimate of drug-likeness (QED) is 0.755. The Morgan fingerprint density at radius 2 is 1.69 bits per heavy atom. The molecule has 1 aromatic heterocycles. The lowest BCUT2D eigenvalue weighted by molar-refractivity contribution is -0.114. The summed E-state index contributed by atoms with van der Waals surface area (Å²) >= 11 is 0. The lowest BCUT2D eigenvalue weighted by atomic mass is 10.2. The SMILES string of the molecule is CC(=O)Nc1cccc(NC(=O)c2nc(C)n(-c3ccc(F)cc3)n2)c1. The molecule has 0 radical (unpaired) electrons. The van der Waals surface area contributed by atoms with Gasteiger partial charge in [-0.2, -0.15) is 0 Å². The zero-order valence-electron chi connectivity index (χ0n) is 14.2. The molecular formula is C18H16FN5O2. The Kier molecular flexibility index (Phi) is 4.74. The van der Waals surface area contributed by atoms with Gasteiger partial charge in [0, 0.05) is 18.3 Å². The van der Waals surface area contributed by atoms with Crippen molar-refractivity contribution >= 4 is 23.2 Å². The highest BCUT2D eigenvalue weighted by Gasteiger charge is 2.15. The highest BCUT2D eigenvalue weighted by Crippen LogP contribution is 2.16. The predicted octanol–water partition coefficient (Wildman–Crippen LogP) is 2.93. The number of carbonyl (C=O) groups excluding carboxylic acids is 2. The van der Waals surface area contributed by atoms with Gasteiger partial charge in [-0.25, -0.2) is 14.1 Å². The Labute approximate surface area is 148 Å². The summed E-state index contributed by atoms with van der Waals surface area (Å²) in [6, 6.07) is 12.5. The van der Waals surface area contributed by atoms with Crippen LogP contribution in [0.3, 0.4) is 0 Å². The van der Waals surface area contributed by atoms with Gasteiger partial charge in [0.2, 0.25) is 11.7 Å². The van der Waals surface area contributed by atoms with Crippen molar-refractivity contribution in [2.75, 3.05) is 10.6 Å². The number of hydrogen-bond acceptors (Lipinski definition) is 4. The number of anilines is 2. The third-order valence-corrected chi connectivity index (χ3v) is 3.48. The van der Waals surface area contributed by atoms with Crippen LogP contribution >= 0.6 is 0 Å². The highest BCUT2D eigenvalue weighted by molar-refractivity contribution is 6.02. The van der Waals surface area contributed by atoms with E-state index in [4.69, 9.17) is 0 Å². The van der Waals surface area contributed by atoms with E-state index >= 15 is 0 Å².